The third-order valence-corrected chi connectivity index (χ3v) is 2.36. The molecule has 0 saturated carbocycles. The van der Waals surface area contributed by atoms with Crippen molar-refractivity contribution in [1.82, 2.24) is 10.2 Å². The van der Waals surface area contributed by atoms with E-state index in [-0.39, 0.29) is 13.0 Å². The molecule has 1 saturated heterocycles. The highest BCUT2D eigenvalue weighted by atomic mass is 19.4. The fourth-order valence-electron chi connectivity index (χ4n) is 1.70. The molecule has 1 N–H and O–H groups in total. The lowest BCUT2D eigenvalue weighted by molar-refractivity contribution is -0.157. The van der Waals surface area contributed by atoms with Crippen molar-refractivity contribution in [1.29, 1.82) is 0 Å². The van der Waals surface area contributed by atoms with Gasteiger partial charge in [-0.2, -0.15) is 13.2 Å². The monoisotopic (exact) mass is 282 g/mol. The second-order valence-electron chi connectivity index (χ2n) is 5.36. The number of amides is 2. The molecular formula is C11H17F3N2O3. The van der Waals surface area contributed by atoms with Crippen molar-refractivity contribution in [3.8, 4) is 0 Å². The molecule has 0 spiro atoms. The van der Waals surface area contributed by atoms with Gasteiger partial charge in [0.25, 0.3) is 0 Å². The number of carbonyl (C=O) groups excluding carboxylic acids is 2. The molecule has 0 bridgehead atoms. The Morgan fingerprint density at radius 2 is 2.00 bits per heavy atom. The molecule has 8 heteroatoms. The number of nitrogens with zero attached hydrogens (tertiary/aromatic N) is 1. The van der Waals surface area contributed by atoms with Crippen molar-refractivity contribution < 1.29 is 27.5 Å². The Hall–Kier alpha value is -1.47. The minimum absolute atomic E-state index is 0.0290. The van der Waals surface area contributed by atoms with Crippen LogP contribution in [-0.4, -0.2) is 47.8 Å². The molecule has 0 aromatic carbocycles. The fourth-order valence-corrected chi connectivity index (χ4v) is 1.70. The summed E-state index contributed by atoms with van der Waals surface area (Å²) in [6, 6.07) is -0.947. The number of nitrogens with one attached hydrogen (secondary N) is 1. The van der Waals surface area contributed by atoms with Crippen LogP contribution in [0.5, 0.6) is 0 Å². The van der Waals surface area contributed by atoms with Crippen molar-refractivity contribution in [2.45, 2.75) is 45.0 Å². The fraction of sp³-hybridized carbons (Fsp3) is 0.818. The molecule has 1 aliphatic heterocycles. The van der Waals surface area contributed by atoms with E-state index in [0.717, 1.165) is 0 Å². The molecule has 1 heterocycles. The standard InChI is InChI=1S/C11H17F3N2O3/c1-10(2,3)19-9(18)15-7-4-5-16(8(7)17)6-11(12,13)14/h7H,4-6H2,1-3H3,(H,15,18)/t7-/m0/s1. The zero-order chi connectivity index (χ0) is 14.8. The highest BCUT2D eigenvalue weighted by Gasteiger charge is 2.40. The lowest BCUT2D eigenvalue weighted by Gasteiger charge is -2.22. The first kappa shape index (κ1) is 15.6. The van der Waals surface area contributed by atoms with E-state index in [1.807, 2.05) is 0 Å². The van der Waals surface area contributed by atoms with Crippen LogP contribution in [0.25, 0.3) is 0 Å². The summed E-state index contributed by atoms with van der Waals surface area (Å²) in [6.45, 7) is 3.63. The first-order valence-electron chi connectivity index (χ1n) is 5.83. The summed E-state index contributed by atoms with van der Waals surface area (Å²) >= 11 is 0. The van der Waals surface area contributed by atoms with E-state index in [1.54, 1.807) is 20.8 Å². The Bertz CT molecular complexity index is 363. The molecular weight excluding hydrogens is 265 g/mol. The maximum Gasteiger partial charge on any atom is 0.408 e. The van der Waals surface area contributed by atoms with Gasteiger partial charge < -0.3 is 15.0 Å². The Morgan fingerprint density at radius 3 is 2.47 bits per heavy atom. The number of alkyl halides is 3. The van der Waals surface area contributed by atoms with Gasteiger partial charge in [-0.05, 0) is 27.2 Å². The summed E-state index contributed by atoms with van der Waals surface area (Å²) < 4.78 is 41.5. The highest BCUT2D eigenvalue weighted by molar-refractivity contribution is 5.87. The van der Waals surface area contributed by atoms with Crippen LogP contribution < -0.4 is 5.32 Å². The van der Waals surface area contributed by atoms with Gasteiger partial charge in [-0.1, -0.05) is 0 Å². The molecule has 0 aromatic heterocycles. The van der Waals surface area contributed by atoms with Crippen LogP contribution in [0.2, 0.25) is 0 Å². The Kier molecular flexibility index (Phi) is 4.32. The molecule has 0 unspecified atom stereocenters. The molecule has 0 aromatic rings. The van der Waals surface area contributed by atoms with Gasteiger partial charge in [-0.25, -0.2) is 4.79 Å². The first-order chi connectivity index (χ1) is 8.48. The number of carbonyl (C=O) groups is 2. The third-order valence-electron chi connectivity index (χ3n) is 2.36. The largest absolute Gasteiger partial charge is 0.444 e. The molecule has 110 valence electrons. The topological polar surface area (TPSA) is 58.6 Å². The molecule has 1 atom stereocenters. The zero-order valence-corrected chi connectivity index (χ0v) is 11.0. The molecule has 0 radical (unpaired) electrons. The van der Waals surface area contributed by atoms with Gasteiger partial charge in [-0.3, -0.25) is 4.79 Å². The first-order valence-corrected chi connectivity index (χ1v) is 5.83. The summed E-state index contributed by atoms with van der Waals surface area (Å²) in [6.07, 6.45) is -5.09. The van der Waals surface area contributed by atoms with Gasteiger partial charge in [0.05, 0.1) is 0 Å². The summed E-state index contributed by atoms with van der Waals surface area (Å²) in [4.78, 5) is 23.7. The second-order valence-corrected chi connectivity index (χ2v) is 5.36. The smallest absolute Gasteiger partial charge is 0.408 e. The molecule has 1 aliphatic rings. The van der Waals surface area contributed by atoms with Crippen LogP contribution >= 0.6 is 0 Å². The highest BCUT2D eigenvalue weighted by Crippen LogP contribution is 2.21. The second kappa shape index (κ2) is 5.26. The normalized spacial score (nSPS) is 20.6. The van der Waals surface area contributed by atoms with E-state index in [2.05, 4.69) is 5.32 Å². The molecule has 1 fully saturated rings. The molecule has 19 heavy (non-hydrogen) atoms. The Labute approximate surface area is 109 Å². The third kappa shape index (κ3) is 5.35. The Morgan fingerprint density at radius 1 is 1.42 bits per heavy atom. The van der Waals surface area contributed by atoms with E-state index < -0.39 is 36.4 Å². The van der Waals surface area contributed by atoms with Crippen molar-refractivity contribution in [2.75, 3.05) is 13.1 Å². The van der Waals surface area contributed by atoms with Crippen molar-refractivity contribution >= 4 is 12.0 Å². The minimum Gasteiger partial charge on any atom is -0.444 e. The summed E-state index contributed by atoms with van der Waals surface area (Å²) in [5, 5.41) is 2.28. The van der Waals surface area contributed by atoms with Crippen LogP contribution in [0.1, 0.15) is 27.2 Å². The van der Waals surface area contributed by atoms with Crippen LogP contribution in [0.4, 0.5) is 18.0 Å². The van der Waals surface area contributed by atoms with Crippen LogP contribution in [0.3, 0.4) is 0 Å². The predicted octanol–water partition coefficient (Wildman–Crippen LogP) is 1.67. The predicted molar refractivity (Wildman–Crippen MR) is 60.4 cm³/mol. The minimum atomic E-state index is -4.43. The van der Waals surface area contributed by atoms with E-state index in [0.29, 0.717) is 4.90 Å². The van der Waals surface area contributed by atoms with E-state index in [4.69, 9.17) is 4.74 Å². The van der Waals surface area contributed by atoms with Gasteiger partial charge in [0.1, 0.15) is 18.2 Å². The summed E-state index contributed by atoms with van der Waals surface area (Å²) in [7, 11) is 0. The van der Waals surface area contributed by atoms with Crippen LogP contribution in [-0.2, 0) is 9.53 Å². The quantitative estimate of drug-likeness (QED) is 0.838. The number of halogens is 3. The van der Waals surface area contributed by atoms with Crippen molar-refractivity contribution in [3.63, 3.8) is 0 Å². The molecule has 1 rings (SSSR count). The molecule has 0 aliphatic carbocycles. The van der Waals surface area contributed by atoms with Crippen molar-refractivity contribution in [3.05, 3.63) is 0 Å². The maximum atomic E-state index is 12.2. The molecule has 2 amide bonds. The van der Waals surface area contributed by atoms with Crippen LogP contribution in [0, 0.1) is 0 Å². The van der Waals surface area contributed by atoms with Crippen LogP contribution in [0.15, 0.2) is 0 Å². The summed E-state index contributed by atoms with van der Waals surface area (Å²) in [5.41, 5.74) is -0.725. The van der Waals surface area contributed by atoms with E-state index in [9.17, 15) is 22.8 Å². The number of hydrogen-bond acceptors (Lipinski definition) is 3. The maximum absolute atomic E-state index is 12.2. The van der Waals surface area contributed by atoms with Gasteiger partial charge in [0.2, 0.25) is 5.91 Å². The van der Waals surface area contributed by atoms with Crippen molar-refractivity contribution in [2.24, 2.45) is 0 Å². The van der Waals surface area contributed by atoms with Gasteiger partial charge in [0, 0.05) is 6.54 Å². The van der Waals surface area contributed by atoms with Gasteiger partial charge >= 0.3 is 12.3 Å². The summed E-state index contributed by atoms with van der Waals surface area (Å²) in [5.74, 6) is -0.733. The SMILES string of the molecule is CC(C)(C)OC(=O)N[C@H]1CCN(CC(F)(F)F)C1=O. The number of rotatable bonds is 2. The lowest BCUT2D eigenvalue weighted by atomic mass is 10.2. The zero-order valence-electron chi connectivity index (χ0n) is 11.0. The number of ether oxygens (including phenoxy) is 1. The molecule has 5 nitrogen and oxygen atoms in total. The lowest BCUT2D eigenvalue weighted by Crippen LogP contribution is -2.45. The van der Waals surface area contributed by atoms with E-state index in [1.165, 1.54) is 0 Å². The van der Waals surface area contributed by atoms with Gasteiger partial charge in [0.15, 0.2) is 0 Å². The average Bonchev–Trinajstić information content (AvgIpc) is 2.44. The van der Waals surface area contributed by atoms with E-state index >= 15 is 0 Å². The van der Waals surface area contributed by atoms with Gasteiger partial charge in [-0.15, -0.1) is 0 Å². The Balaban J connectivity index is 2.50. The number of hydrogen-bond donors (Lipinski definition) is 1. The average molecular weight is 282 g/mol. The number of likely N-dealkylation sites (tertiary alicyclic amines) is 1. The number of alkyl carbamates (subject to hydrolysis) is 1.